The third kappa shape index (κ3) is 2.01. The normalized spacial score (nSPS) is 11.9. The van der Waals surface area contributed by atoms with Crippen molar-refractivity contribution in [2.45, 2.75) is 11.8 Å². The molecule has 3 aromatic rings. The minimum atomic E-state index is -3.59. The highest BCUT2D eigenvalue weighted by Gasteiger charge is 2.20. The summed E-state index contributed by atoms with van der Waals surface area (Å²) in [6.45, 7) is 1.79. The van der Waals surface area contributed by atoms with Crippen molar-refractivity contribution < 1.29 is 8.42 Å². The van der Waals surface area contributed by atoms with E-state index < -0.39 is 10.0 Å². The van der Waals surface area contributed by atoms with Gasteiger partial charge in [0.1, 0.15) is 0 Å². The average Bonchev–Trinajstić information content (AvgIpc) is 2.82. The van der Waals surface area contributed by atoms with Gasteiger partial charge >= 0.3 is 0 Å². The van der Waals surface area contributed by atoms with Gasteiger partial charge < -0.3 is 0 Å². The maximum absolute atomic E-state index is 12.7. The first kappa shape index (κ1) is 13.2. The van der Waals surface area contributed by atoms with E-state index in [1.54, 1.807) is 55.6 Å². The van der Waals surface area contributed by atoms with Crippen LogP contribution in [0, 0.1) is 6.92 Å². The predicted molar refractivity (Wildman–Crippen MR) is 80.7 cm³/mol. The topological polar surface area (TPSA) is 39.1 Å². The number of fused-ring (bicyclic) bond motifs is 1. The SMILES string of the molecule is Cc1ccccc1S(=O)(=O)n1ccc2cc(Cl)ccc21. The van der Waals surface area contributed by atoms with E-state index in [-0.39, 0.29) is 0 Å². The molecule has 0 saturated carbocycles. The number of benzene rings is 2. The van der Waals surface area contributed by atoms with Gasteiger partial charge in [0, 0.05) is 16.6 Å². The molecule has 0 amide bonds. The lowest BCUT2D eigenvalue weighted by Gasteiger charge is -2.10. The van der Waals surface area contributed by atoms with E-state index in [2.05, 4.69) is 0 Å². The molecule has 0 aliphatic carbocycles. The molecule has 20 heavy (non-hydrogen) atoms. The van der Waals surface area contributed by atoms with Gasteiger partial charge in [0.25, 0.3) is 10.0 Å². The van der Waals surface area contributed by atoms with Crippen LogP contribution in [0.1, 0.15) is 5.56 Å². The number of hydrogen-bond donors (Lipinski definition) is 0. The molecule has 0 aliphatic rings. The fraction of sp³-hybridized carbons (Fsp3) is 0.0667. The van der Waals surface area contributed by atoms with Gasteiger partial charge in [-0.1, -0.05) is 29.8 Å². The first-order valence-electron chi connectivity index (χ1n) is 6.08. The molecule has 0 spiro atoms. The summed E-state index contributed by atoms with van der Waals surface area (Å²) in [4.78, 5) is 0.312. The lowest BCUT2D eigenvalue weighted by molar-refractivity contribution is 0.588. The summed E-state index contributed by atoms with van der Waals surface area (Å²) in [5.74, 6) is 0. The minimum Gasteiger partial charge on any atom is -0.241 e. The van der Waals surface area contributed by atoms with Gasteiger partial charge in [-0.2, -0.15) is 0 Å². The van der Waals surface area contributed by atoms with Crippen molar-refractivity contribution in [1.29, 1.82) is 0 Å². The molecule has 5 heteroatoms. The molecule has 1 aromatic heterocycles. The zero-order valence-electron chi connectivity index (χ0n) is 10.7. The fourth-order valence-corrected chi connectivity index (χ4v) is 4.01. The average molecular weight is 306 g/mol. The Balaban J connectivity index is 2.28. The van der Waals surface area contributed by atoms with Gasteiger partial charge in [-0.05, 0) is 42.8 Å². The van der Waals surface area contributed by atoms with Gasteiger partial charge in [-0.3, -0.25) is 0 Å². The van der Waals surface area contributed by atoms with Crippen LogP contribution in [-0.4, -0.2) is 12.4 Å². The first-order chi connectivity index (χ1) is 9.50. The second-order valence-electron chi connectivity index (χ2n) is 4.59. The van der Waals surface area contributed by atoms with Gasteiger partial charge in [-0.15, -0.1) is 0 Å². The van der Waals surface area contributed by atoms with E-state index in [0.717, 1.165) is 10.9 Å². The Bertz CT molecular complexity index is 897. The van der Waals surface area contributed by atoms with Crippen molar-refractivity contribution in [2.75, 3.05) is 0 Å². The number of rotatable bonds is 2. The van der Waals surface area contributed by atoms with Crippen LogP contribution < -0.4 is 0 Å². The standard InChI is InChI=1S/C15H12ClNO2S/c1-11-4-2-3-5-15(11)20(18,19)17-9-8-12-10-13(16)6-7-14(12)17/h2-10H,1H3. The third-order valence-electron chi connectivity index (χ3n) is 3.25. The number of aryl methyl sites for hydroxylation is 1. The highest BCUT2D eigenvalue weighted by molar-refractivity contribution is 7.90. The maximum atomic E-state index is 12.7. The van der Waals surface area contributed by atoms with E-state index in [9.17, 15) is 8.42 Å². The molecule has 0 atom stereocenters. The molecule has 0 fully saturated rings. The Morgan fingerprint density at radius 3 is 2.55 bits per heavy atom. The molecule has 2 aromatic carbocycles. The third-order valence-corrected chi connectivity index (χ3v) is 5.33. The van der Waals surface area contributed by atoms with Crippen LogP contribution in [0.25, 0.3) is 10.9 Å². The molecule has 0 unspecified atom stereocenters. The van der Waals surface area contributed by atoms with Crippen LogP contribution in [0.4, 0.5) is 0 Å². The Morgan fingerprint density at radius 2 is 1.80 bits per heavy atom. The van der Waals surface area contributed by atoms with Crippen molar-refractivity contribution in [3.05, 3.63) is 65.3 Å². The van der Waals surface area contributed by atoms with Crippen molar-refractivity contribution in [3.63, 3.8) is 0 Å². The summed E-state index contributed by atoms with van der Waals surface area (Å²) in [6.07, 6.45) is 1.56. The zero-order chi connectivity index (χ0) is 14.3. The molecular weight excluding hydrogens is 294 g/mol. The van der Waals surface area contributed by atoms with Crippen LogP contribution in [0.2, 0.25) is 5.02 Å². The summed E-state index contributed by atoms with van der Waals surface area (Å²) < 4.78 is 26.8. The van der Waals surface area contributed by atoms with E-state index in [1.807, 2.05) is 6.07 Å². The number of halogens is 1. The molecular formula is C15H12ClNO2S. The van der Waals surface area contributed by atoms with E-state index in [0.29, 0.717) is 15.4 Å². The van der Waals surface area contributed by atoms with Crippen LogP contribution in [0.3, 0.4) is 0 Å². The Kier molecular flexibility index (Phi) is 3.07. The Morgan fingerprint density at radius 1 is 1.05 bits per heavy atom. The molecule has 3 nitrogen and oxygen atoms in total. The summed E-state index contributed by atoms with van der Waals surface area (Å²) in [7, 11) is -3.59. The quantitative estimate of drug-likeness (QED) is 0.721. The molecule has 3 rings (SSSR count). The number of hydrogen-bond acceptors (Lipinski definition) is 2. The maximum Gasteiger partial charge on any atom is 0.268 e. The zero-order valence-corrected chi connectivity index (χ0v) is 12.3. The summed E-state index contributed by atoms with van der Waals surface area (Å²) in [6, 6.07) is 13.9. The van der Waals surface area contributed by atoms with E-state index in [4.69, 9.17) is 11.6 Å². The smallest absolute Gasteiger partial charge is 0.241 e. The van der Waals surface area contributed by atoms with Crippen molar-refractivity contribution in [2.24, 2.45) is 0 Å². The van der Waals surface area contributed by atoms with E-state index >= 15 is 0 Å². The second kappa shape index (κ2) is 4.65. The van der Waals surface area contributed by atoms with Crippen LogP contribution in [0.5, 0.6) is 0 Å². The lowest BCUT2D eigenvalue weighted by atomic mass is 10.2. The summed E-state index contributed by atoms with van der Waals surface area (Å²) in [5.41, 5.74) is 1.35. The molecule has 102 valence electrons. The lowest BCUT2D eigenvalue weighted by Crippen LogP contribution is -2.12. The molecule has 0 aliphatic heterocycles. The fourth-order valence-electron chi connectivity index (χ4n) is 2.25. The number of nitrogens with zero attached hydrogens (tertiary/aromatic N) is 1. The summed E-state index contributed by atoms with van der Waals surface area (Å²) >= 11 is 5.93. The molecule has 0 saturated heterocycles. The van der Waals surface area contributed by atoms with Crippen molar-refractivity contribution >= 4 is 32.5 Å². The Labute approximate surface area is 122 Å². The monoisotopic (exact) mass is 305 g/mol. The highest BCUT2D eigenvalue weighted by atomic mass is 35.5. The largest absolute Gasteiger partial charge is 0.268 e. The van der Waals surface area contributed by atoms with Crippen molar-refractivity contribution in [3.8, 4) is 0 Å². The molecule has 0 N–H and O–H groups in total. The predicted octanol–water partition coefficient (Wildman–Crippen LogP) is 3.84. The molecule has 0 radical (unpaired) electrons. The van der Waals surface area contributed by atoms with Crippen LogP contribution in [-0.2, 0) is 10.0 Å². The van der Waals surface area contributed by atoms with Gasteiger partial charge in [-0.25, -0.2) is 12.4 Å². The van der Waals surface area contributed by atoms with Gasteiger partial charge in [0.2, 0.25) is 0 Å². The first-order valence-corrected chi connectivity index (χ1v) is 7.90. The van der Waals surface area contributed by atoms with Gasteiger partial charge in [0.15, 0.2) is 0 Å². The van der Waals surface area contributed by atoms with Crippen molar-refractivity contribution in [1.82, 2.24) is 3.97 Å². The highest BCUT2D eigenvalue weighted by Crippen LogP contribution is 2.25. The second-order valence-corrected chi connectivity index (χ2v) is 6.81. The van der Waals surface area contributed by atoms with Gasteiger partial charge in [0.05, 0.1) is 10.4 Å². The molecule has 0 bridgehead atoms. The minimum absolute atomic E-state index is 0.312. The summed E-state index contributed by atoms with van der Waals surface area (Å²) in [5, 5.41) is 1.39. The Hall–Kier alpha value is -1.78. The van der Waals surface area contributed by atoms with E-state index in [1.165, 1.54) is 3.97 Å². The van der Waals surface area contributed by atoms with Crippen LogP contribution >= 0.6 is 11.6 Å². The molecule has 1 heterocycles. The number of aromatic nitrogens is 1. The van der Waals surface area contributed by atoms with Crippen LogP contribution in [0.15, 0.2) is 59.6 Å².